The molecule has 2 fully saturated rings. The fourth-order valence-electron chi connectivity index (χ4n) is 18.2. The third kappa shape index (κ3) is 20.0. The van der Waals surface area contributed by atoms with E-state index in [0.717, 1.165) is 46.5 Å². The van der Waals surface area contributed by atoms with Gasteiger partial charge in [0.25, 0.3) is 82.2 Å². The van der Waals surface area contributed by atoms with Gasteiger partial charge in [-0.1, -0.05) is 59.1 Å². The van der Waals surface area contributed by atoms with E-state index >= 15 is 0 Å². The number of hydrogen-bond acceptors (Lipinski definition) is 15. The van der Waals surface area contributed by atoms with E-state index in [1.807, 2.05) is 69.7 Å². The molecule has 0 bridgehead atoms. The number of alkyl halides is 4. The quantitative estimate of drug-likeness (QED) is 0.0171. The Hall–Kier alpha value is -12.5. The number of Topliss-reactive ketones (excluding diaryl/α,β-unsaturated/α-hetero) is 4. The number of nitriles is 1. The van der Waals surface area contributed by atoms with Crippen LogP contribution in [-0.2, 0) is 54.5 Å². The molecule has 4 atom stereocenters. The Morgan fingerprint density at radius 3 is 0.840 bits per heavy atom. The molecular formula is C95H106Cl3F4N15O14. The summed E-state index contributed by atoms with van der Waals surface area (Å²) < 4.78 is 61.8. The lowest BCUT2D eigenvalue weighted by molar-refractivity contribution is -0.164. The van der Waals surface area contributed by atoms with Gasteiger partial charge in [-0.15, -0.1) is 0 Å². The summed E-state index contributed by atoms with van der Waals surface area (Å²) in [6, 6.07) is 22.3. The van der Waals surface area contributed by atoms with Gasteiger partial charge in [-0.3, -0.25) is 67.1 Å². The molecule has 10 N–H and O–H groups in total. The summed E-state index contributed by atoms with van der Waals surface area (Å²) in [5.41, 5.74) is 8.39. The van der Waals surface area contributed by atoms with Gasteiger partial charge in [0.15, 0.2) is 0 Å². The van der Waals surface area contributed by atoms with Crippen LogP contribution < -0.4 is 53.2 Å². The third-order valence-corrected chi connectivity index (χ3v) is 26.0. The number of rotatable bonds is 22. The number of aryl methyl sites for hydroxylation is 4. The molecular weight excluding hydrogens is 1760 g/mol. The molecule has 36 heteroatoms. The minimum Gasteiger partial charge on any atom is -0.357 e. The molecule has 4 aromatic carbocycles. The van der Waals surface area contributed by atoms with Crippen molar-refractivity contribution in [1.82, 2.24) is 50.2 Å². The molecule has 6 aliphatic rings. The van der Waals surface area contributed by atoms with Crippen molar-refractivity contribution in [2.24, 2.45) is 0 Å². The van der Waals surface area contributed by atoms with Crippen LogP contribution in [0.4, 0.5) is 40.3 Å². The number of ketones is 4. The monoisotopic (exact) mass is 1860 g/mol. The number of nitrogens with zero attached hydrogens (tertiary/aromatic N) is 5. The van der Waals surface area contributed by atoms with E-state index in [2.05, 4.69) is 59.2 Å². The molecule has 694 valence electrons. The standard InChI is InChI=1S/C26H27F2N5O4.C25H27ClF2N4O4.2C22H26ClN3O3/c1-13-5-7-17(9-16(13)10-29)31-22(35)20-15(3)19(18-8-6-14(2)33(18)20)21(34)23(36)32-25(24(37)30-4)11-26(27,28)12-25;1-12-5-7-15(9-16(12)26)30-21(34)19-14(3)18(17-8-6-13(2)32(17)19)20(33)22(35)31-24(23(36)29-4)10-25(27,28)11-24;2*1-11(2)24-22(29)20(27)18-14(5)19(26-13(4)7-9-17(18)26)21(28)25-15-8-6-12(3)16(23)10-15/h5,7,9,14H,6,8,11-12H2,1-4H3,(H,30,37)(H,31,35)(H,32,36);5,7,9,13H,6,8,10-11H2,1-4H3,(H,29,36)(H,30,34)(H,31,35);2*6,8,10-11,13H,7,9H2,1-5H3,(H,24,29)(H,25,28)/t;2*13-;/m.01./s1. The Kier molecular flexibility index (Phi) is 29.4. The number of benzene rings is 4. The number of aromatic nitrogens is 4. The molecule has 0 spiro atoms. The Bertz CT molecular complexity index is 5990. The summed E-state index contributed by atoms with van der Waals surface area (Å²) >= 11 is 18.5. The van der Waals surface area contributed by atoms with E-state index in [1.165, 1.54) is 14.1 Å². The van der Waals surface area contributed by atoms with E-state index in [1.54, 1.807) is 132 Å². The number of carbonyl (C=O) groups excluding carboxylic acids is 14. The fraction of sp³-hybridized carbons (Fsp3) is 0.421. The van der Waals surface area contributed by atoms with Crippen LogP contribution in [0.15, 0.2) is 72.8 Å². The summed E-state index contributed by atoms with van der Waals surface area (Å²) in [5.74, 6) is -16.2. The molecule has 2 aliphatic carbocycles. The van der Waals surface area contributed by atoms with Gasteiger partial charge in [0.1, 0.15) is 33.9 Å². The van der Waals surface area contributed by atoms with Gasteiger partial charge in [0.05, 0.1) is 33.9 Å². The van der Waals surface area contributed by atoms with Gasteiger partial charge in [0, 0.05) is 137 Å². The number of nitrogens with one attached hydrogen (secondary N) is 10. The molecule has 10 amide bonds. The van der Waals surface area contributed by atoms with Crippen molar-refractivity contribution in [1.29, 1.82) is 5.26 Å². The summed E-state index contributed by atoms with van der Waals surface area (Å²) in [7, 11) is 2.53. The fourth-order valence-corrected chi connectivity index (χ4v) is 18.8. The molecule has 8 heterocycles. The van der Waals surface area contributed by atoms with Crippen LogP contribution in [0.5, 0.6) is 0 Å². The van der Waals surface area contributed by atoms with E-state index < -0.39 is 119 Å². The van der Waals surface area contributed by atoms with Crippen molar-refractivity contribution in [2.45, 2.75) is 247 Å². The molecule has 0 saturated heterocycles. The average molecular weight is 1860 g/mol. The zero-order valence-corrected chi connectivity index (χ0v) is 78.2. The Morgan fingerprint density at radius 1 is 0.382 bits per heavy atom. The zero-order valence-electron chi connectivity index (χ0n) is 76.0. The van der Waals surface area contributed by atoms with Gasteiger partial charge in [0.2, 0.25) is 11.8 Å². The molecule has 29 nitrogen and oxygen atoms in total. The minimum atomic E-state index is -3.13. The van der Waals surface area contributed by atoms with Gasteiger partial charge in [-0.2, -0.15) is 5.26 Å². The second kappa shape index (κ2) is 38.9. The zero-order chi connectivity index (χ0) is 96.8. The average Bonchev–Trinajstić information content (AvgIpc) is 1.55. The molecule has 0 radical (unpaired) electrons. The highest BCUT2D eigenvalue weighted by Gasteiger charge is 2.63. The third-order valence-electron chi connectivity index (χ3n) is 24.8. The second-order valence-corrected chi connectivity index (χ2v) is 36.5. The lowest BCUT2D eigenvalue weighted by Gasteiger charge is -2.45. The van der Waals surface area contributed by atoms with Gasteiger partial charge >= 0.3 is 0 Å². The van der Waals surface area contributed by atoms with Gasteiger partial charge in [-0.25, -0.2) is 17.6 Å². The van der Waals surface area contributed by atoms with Crippen LogP contribution in [-0.4, -0.2) is 150 Å². The maximum Gasteiger partial charge on any atom is 0.293 e. The number of hydrogen-bond donors (Lipinski definition) is 10. The van der Waals surface area contributed by atoms with E-state index in [9.17, 15) is 89.9 Å². The van der Waals surface area contributed by atoms with Crippen molar-refractivity contribution in [3.8, 4) is 6.07 Å². The molecule has 8 aromatic rings. The van der Waals surface area contributed by atoms with Gasteiger partial charge in [-0.05, 0) is 255 Å². The normalized spacial score (nSPS) is 17.3. The number of anilines is 4. The summed E-state index contributed by atoms with van der Waals surface area (Å²) in [6.45, 7) is 29.0. The number of fused-ring (bicyclic) bond motifs is 4. The minimum absolute atomic E-state index is 0.0340. The van der Waals surface area contributed by atoms with E-state index in [0.29, 0.717) is 132 Å². The number of amides is 10. The highest BCUT2D eigenvalue weighted by molar-refractivity contribution is 6.46. The Morgan fingerprint density at radius 2 is 0.618 bits per heavy atom. The van der Waals surface area contributed by atoms with E-state index in [4.69, 9.17) is 34.8 Å². The number of carbonyl (C=O) groups is 14. The largest absolute Gasteiger partial charge is 0.357 e. The summed E-state index contributed by atoms with van der Waals surface area (Å²) in [5, 5.41) is 36.5. The first kappa shape index (κ1) is 99.0. The predicted molar refractivity (Wildman–Crippen MR) is 487 cm³/mol. The molecule has 2 unspecified atom stereocenters. The van der Waals surface area contributed by atoms with Gasteiger partial charge < -0.3 is 71.4 Å². The van der Waals surface area contributed by atoms with Crippen molar-refractivity contribution in [2.75, 3.05) is 35.4 Å². The van der Waals surface area contributed by atoms with Crippen molar-refractivity contribution < 1.29 is 84.7 Å². The molecule has 4 aromatic heterocycles. The van der Waals surface area contributed by atoms with Crippen LogP contribution in [0.2, 0.25) is 15.1 Å². The molecule has 4 aliphatic heterocycles. The molecule has 131 heavy (non-hydrogen) atoms. The van der Waals surface area contributed by atoms with Crippen LogP contribution in [0.25, 0.3) is 0 Å². The summed E-state index contributed by atoms with van der Waals surface area (Å²) in [4.78, 5) is 180. The first-order chi connectivity index (χ1) is 61.4. The first-order valence-electron chi connectivity index (χ1n) is 43.0. The first-order valence-corrected chi connectivity index (χ1v) is 44.1. The van der Waals surface area contributed by atoms with Crippen LogP contribution in [0.1, 0.15) is 287 Å². The smallest absolute Gasteiger partial charge is 0.293 e. The lowest BCUT2D eigenvalue weighted by atomic mass is 9.72. The second-order valence-electron chi connectivity index (χ2n) is 35.3. The summed E-state index contributed by atoms with van der Waals surface area (Å²) in [6.07, 6.45) is 1.53. The Balaban J connectivity index is 0.000000170. The van der Waals surface area contributed by atoms with E-state index in [-0.39, 0.29) is 76.1 Å². The maximum atomic E-state index is 13.7. The Labute approximate surface area is 769 Å². The molecule has 14 rings (SSSR count). The SMILES string of the molecule is CNC(=O)C1(NC(=O)C(=O)c2c(C)c(C(=O)Nc3ccc(C)c(C#N)c3)n3c2CCC3C)CC(F)(F)C1.CNC(=O)C1(NC(=O)C(=O)c2c(C)c(C(=O)Nc3ccc(C)c(Cl)c3)n3c2CC[C@@H]3C)CC(F)(F)C1.Cc1ccc(NC(=O)c2c(C)c(C(=O)C(=O)NC(C)C)c3n2C(C)CC3)cc1Cl.Cc1ccc(NC(=O)c2c(C)c(C(=O)C(=O)NC(C)C)c3n2[C@H](C)CC3)cc1Cl. The van der Waals surface area contributed by atoms with Crippen LogP contribution >= 0.6 is 34.8 Å². The topological polar surface area (TPSA) is 403 Å². The van der Waals surface area contributed by atoms with Crippen LogP contribution in [0.3, 0.4) is 0 Å². The molecule has 2 saturated carbocycles. The number of halogens is 7. The maximum absolute atomic E-state index is 13.7. The number of likely N-dealkylation sites (N-methyl/N-ethyl adjacent to an activating group) is 2. The van der Waals surface area contributed by atoms with Crippen molar-refractivity contribution >= 4 is 140 Å². The predicted octanol–water partition coefficient (Wildman–Crippen LogP) is 15.1. The lowest BCUT2D eigenvalue weighted by Crippen LogP contribution is -2.69. The highest BCUT2D eigenvalue weighted by Crippen LogP contribution is 2.49. The van der Waals surface area contributed by atoms with Crippen molar-refractivity contribution in [3.05, 3.63) is 206 Å². The highest BCUT2D eigenvalue weighted by atomic mass is 35.5. The van der Waals surface area contributed by atoms with Crippen molar-refractivity contribution in [3.63, 3.8) is 0 Å². The van der Waals surface area contributed by atoms with Crippen LogP contribution in [0, 0.1) is 66.7 Å².